The minimum atomic E-state index is -0.935. The van der Waals surface area contributed by atoms with Gasteiger partial charge in [0.15, 0.2) is 17.7 Å². The molecule has 4 rings (SSSR count). The van der Waals surface area contributed by atoms with Crippen molar-refractivity contribution < 1.29 is 19.3 Å². The average molecular weight is 466 g/mol. The van der Waals surface area contributed by atoms with Crippen molar-refractivity contribution in [2.24, 2.45) is 0 Å². The summed E-state index contributed by atoms with van der Waals surface area (Å²) in [6, 6.07) is 13.1. The monoisotopic (exact) mass is 465 g/mol. The number of hydrazine groups is 1. The Bertz CT molecular complexity index is 1160. The molecule has 1 aromatic heterocycles. The number of aliphatic hydroxyl groups excluding tert-OH is 1. The van der Waals surface area contributed by atoms with Crippen molar-refractivity contribution >= 4 is 23.3 Å². The number of anilines is 4. The number of methoxy groups -OCH3 is 3. The Kier molecular flexibility index (Phi) is 6.55. The third-order valence-electron chi connectivity index (χ3n) is 5.45. The number of para-hydroxylation sites is 1. The normalized spacial score (nSPS) is 15.4. The summed E-state index contributed by atoms with van der Waals surface area (Å²) in [5.41, 5.74) is 2.89. The van der Waals surface area contributed by atoms with Crippen LogP contribution in [0.4, 0.5) is 23.3 Å². The van der Waals surface area contributed by atoms with Crippen LogP contribution in [0.5, 0.6) is 17.2 Å². The van der Waals surface area contributed by atoms with E-state index in [1.165, 1.54) is 6.33 Å². The van der Waals surface area contributed by atoms with Gasteiger partial charge in [0.2, 0.25) is 17.6 Å². The highest BCUT2D eigenvalue weighted by molar-refractivity contribution is 5.66. The predicted molar refractivity (Wildman–Crippen MR) is 128 cm³/mol. The van der Waals surface area contributed by atoms with E-state index in [9.17, 15) is 5.11 Å². The van der Waals surface area contributed by atoms with Crippen LogP contribution in [-0.4, -0.2) is 59.7 Å². The SMILES string of the molecule is COc1cc(Nc2ncnc(NC3=C(C)N(C)N(c4ccccc4)C3O)n2)cc(OC)c1OC. The third kappa shape index (κ3) is 4.33. The first-order valence-corrected chi connectivity index (χ1v) is 10.5. The zero-order valence-electron chi connectivity index (χ0n) is 19.6. The maximum atomic E-state index is 11.0. The van der Waals surface area contributed by atoms with Gasteiger partial charge in [-0.2, -0.15) is 4.98 Å². The highest BCUT2D eigenvalue weighted by atomic mass is 16.5. The molecule has 0 bridgehead atoms. The number of allylic oxidation sites excluding steroid dienone is 1. The first-order chi connectivity index (χ1) is 16.5. The van der Waals surface area contributed by atoms with Gasteiger partial charge in [-0.05, 0) is 19.1 Å². The van der Waals surface area contributed by atoms with Crippen LogP contribution in [-0.2, 0) is 0 Å². The van der Waals surface area contributed by atoms with Crippen molar-refractivity contribution in [1.82, 2.24) is 20.0 Å². The molecule has 1 aliphatic rings. The van der Waals surface area contributed by atoms with Crippen molar-refractivity contribution in [1.29, 1.82) is 0 Å². The van der Waals surface area contributed by atoms with Gasteiger partial charge in [0, 0.05) is 24.9 Å². The second-order valence-corrected chi connectivity index (χ2v) is 7.37. The van der Waals surface area contributed by atoms with Crippen LogP contribution in [0.1, 0.15) is 6.92 Å². The molecule has 178 valence electrons. The number of ether oxygens (including phenoxy) is 3. The second kappa shape index (κ2) is 9.71. The van der Waals surface area contributed by atoms with E-state index in [2.05, 4.69) is 25.6 Å². The Morgan fingerprint density at radius 3 is 2.12 bits per heavy atom. The molecule has 1 atom stereocenters. The Labute approximate surface area is 197 Å². The summed E-state index contributed by atoms with van der Waals surface area (Å²) in [5, 5.41) is 20.9. The molecular weight excluding hydrogens is 438 g/mol. The summed E-state index contributed by atoms with van der Waals surface area (Å²) in [4.78, 5) is 12.8. The van der Waals surface area contributed by atoms with E-state index in [0.29, 0.717) is 34.6 Å². The van der Waals surface area contributed by atoms with Crippen LogP contribution in [0.25, 0.3) is 0 Å². The quantitative estimate of drug-likeness (QED) is 0.456. The summed E-state index contributed by atoms with van der Waals surface area (Å²) < 4.78 is 16.2. The third-order valence-corrected chi connectivity index (χ3v) is 5.45. The lowest BCUT2D eigenvalue weighted by Gasteiger charge is -2.31. The van der Waals surface area contributed by atoms with Gasteiger partial charge in [-0.25, -0.2) is 9.97 Å². The Hall–Kier alpha value is -4.25. The lowest BCUT2D eigenvalue weighted by Crippen LogP contribution is -2.41. The molecule has 11 nitrogen and oxygen atoms in total. The van der Waals surface area contributed by atoms with Gasteiger partial charge in [-0.1, -0.05) is 18.2 Å². The number of nitrogens with one attached hydrogen (secondary N) is 2. The van der Waals surface area contributed by atoms with Gasteiger partial charge in [0.25, 0.3) is 0 Å². The van der Waals surface area contributed by atoms with Gasteiger partial charge in [-0.3, -0.25) is 10.0 Å². The molecule has 1 aliphatic heterocycles. The standard InChI is InChI=1S/C23H27N7O4/c1-14-19(21(31)30(29(14)2)16-9-7-6-8-10-16)27-23-25-13-24-22(28-23)26-15-11-17(32-3)20(34-5)18(12-15)33-4/h6-13,21,31H,1-5H3,(H2,24,25,26,27,28). The smallest absolute Gasteiger partial charge is 0.232 e. The summed E-state index contributed by atoms with van der Waals surface area (Å²) in [7, 11) is 6.52. The summed E-state index contributed by atoms with van der Waals surface area (Å²) in [5.74, 6) is 2.05. The van der Waals surface area contributed by atoms with Gasteiger partial charge < -0.3 is 30.0 Å². The topological polar surface area (TPSA) is 117 Å². The fraction of sp³-hybridized carbons (Fsp3) is 0.261. The van der Waals surface area contributed by atoms with Crippen LogP contribution in [0, 0.1) is 0 Å². The molecule has 0 saturated carbocycles. The molecule has 11 heteroatoms. The van der Waals surface area contributed by atoms with Crippen LogP contribution in [0.15, 0.2) is 60.2 Å². The van der Waals surface area contributed by atoms with Crippen LogP contribution < -0.4 is 29.9 Å². The number of hydrogen-bond donors (Lipinski definition) is 3. The van der Waals surface area contributed by atoms with E-state index in [1.54, 1.807) is 38.5 Å². The largest absolute Gasteiger partial charge is 0.493 e. The van der Waals surface area contributed by atoms with Gasteiger partial charge in [-0.15, -0.1) is 0 Å². The maximum absolute atomic E-state index is 11.0. The van der Waals surface area contributed by atoms with E-state index in [4.69, 9.17) is 14.2 Å². The van der Waals surface area contributed by atoms with E-state index >= 15 is 0 Å². The molecule has 3 N–H and O–H groups in total. The number of hydrogen-bond acceptors (Lipinski definition) is 11. The molecule has 1 unspecified atom stereocenters. The second-order valence-electron chi connectivity index (χ2n) is 7.37. The zero-order valence-corrected chi connectivity index (χ0v) is 19.6. The highest BCUT2D eigenvalue weighted by Gasteiger charge is 2.34. The Morgan fingerprint density at radius 2 is 1.53 bits per heavy atom. The van der Waals surface area contributed by atoms with Crippen molar-refractivity contribution in [3.63, 3.8) is 0 Å². The predicted octanol–water partition coefficient (Wildman–Crippen LogP) is 2.97. The van der Waals surface area contributed by atoms with E-state index in [1.807, 2.05) is 49.3 Å². The fourth-order valence-electron chi connectivity index (χ4n) is 3.68. The highest BCUT2D eigenvalue weighted by Crippen LogP contribution is 2.40. The lowest BCUT2D eigenvalue weighted by molar-refractivity contribution is 0.175. The van der Waals surface area contributed by atoms with Gasteiger partial charge in [0.1, 0.15) is 6.33 Å². The minimum Gasteiger partial charge on any atom is -0.493 e. The van der Waals surface area contributed by atoms with Crippen molar-refractivity contribution in [3.8, 4) is 17.2 Å². The number of aromatic nitrogens is 3. The first kappa shape index (κ1) is 22.9. The average Bonchev–Trinajstić information content (AvgIpc) is 3.07. The summed E-state index contributed by atoms with van der Waals surface area (Å²) in [6.45, 7) is 1.91. The Morgan fingerprint density at radius 1 is 0.912 bits per heavy atom. The number of benzene rings is 2. The van der Waals surface area contributed by atoms with Crippen molar-refractivity contribution in [3.05, 3.63) is 60.2 Å². The number of nitrogens with zero attached hydrogens (tertiary/aromatic N) is 5. The molecule has 34 heavy (non-hydrogen) atoms. The molecule has 0 aliphatic carbocycles. The number of rotatable bonds is 8. The molecule has 2 aromatic carbocycles. The summed E-state index contributed by atoms with van der Waals surface area (Å²) >= 11 is 0. The molecule has 0 radical (unpaired) electrons. The van der Waals surface area contributed by atoms with E-state index < -0.39 is 6.23 Å². The fourth-order valence-corrected chi connectivity index (χ4v) is 3.68. The molecule has 0 saturated heterocycles. The maximum Gasteiger partial charge on any atom is 0.232 e. The minimum absolute atomic E-state index is 0.279. The lowest BCUT2D eigenvalue weighted by atomic mass is 10.2. The Balaban J connectivity index is 1.56. The van der Waals surface area contributed by atoms with E-state index in [-0.39, 0.29) is 5.95 Å². The molecule has 0 amide bonds. The molecular formula is C23H27N7O4. The van der Waals surface area contributed by atoms with Crippen molar-refractivity contribution in [2.45, 2.75) is 13.2 Å². The molecule has 3 aromatic rings. The molecule has 0 spiro atoms. The molecule has 0 fully saturated rings. The summed E-state index contributed by atoms with van der Waals surface area (Å²) in [6.07, 6.45) is 0.446. The number of aliphatic hydroxyl groups is 1. The van der Waals surface area contributed by atoms with Gasteiger partial charge >= 0.3 is 0 Å². The van der Waals surface area contributed by atoms with E-state index in [0.717, 1.165) is 11.4 Å². The van der Waals surface area contributed by atoms with Crippen LogP contribution in [0.2, 0.25) is 0 Å². The van der Waals surface area contributed by atoms with Crippen LogP contribution in [0.3, 0.4) is 0 Å². The van der Waals surface area contributed by atoms with Crippen molar-refractivity contribution in [2.75, 3.05) is 44.0 Å². The van der Waals surface area contributed by atoms with Gasteiger partial charge in [0.05, 0.1) is 38.4 Å². The molecule has 2 heterocycles. The first-order valence-electron chi connectivity index (χ1n) is 10.5. The van der Waals surface area contributed by atoms with Crippen LogP contribution >= 0.6 is 0 Å². The zero-order chi connectivity index (χ0) is 24.2.